The van der Waals surface area contributed by atoms with Crippen LogP contribution >= 0.6 is 11.3 Å². The Kier molecular flexibility index (Phi) is 13.6. The molecule has 306 valence electrons. The number of carbonyl (C=O) groups is 4. The summed E-state index contributed by atoms with van der Waals surface area (Å²) in [6, 6.07) is 3.79. The van der Waals surface area contributed by atoms with Crippen molar-refractivity contribution in [3.8, 4) is 0 Å². The minimum Gasteiger partial charge on any atom is -0.481 e. The average molecular weight is 820 g/mol. The number of aromatic nitrogens is 1. The smallest absolute Gasteiger partial charge is 0.303 e. The summed E-state index contributed by atoms with van der Waals surface area (Å²) in [4.78, 5) is 57.6. The van der Waals surface area contributed by atoms with Gasteiger partial charge in [-0.15, -0.1) is 11.3 Å². The fraction of sp³-hybridized carbons (Fsp3) is 0.649. The third kappa shape index (κ3) is 14.1. The number of anilines is 1. The van der Waals surface area contributed by atoms with E-state index in [0.717, 1.165) is 15.6 Å². The number of nitrogen functional groups attached to an aromatic ring is 1. The van der Waals surface area contributed by atoms with Gasteiger partial charge in [0, 0.05) is 52.6 Å². The number of hydrogen-bond donors (Lipinski definition) is 7. The molecule has 0 radical (unpaired) electrons. The van der Waals surface area contributed by atoms with E-state index in [1.165, 1.54) is 10.3 Å². The molecule has 0 spiro atoms. The van der Waals surface area contributed by atoms with E-state index < -0.39 is 109 Å². The molecule has 18 heteroatoms. The lowest BCUT2D eigenvalue weighted by molar-refractivity contribution is -0.141. The van der Waals surface area contributed by atoms with Gasteiger partial charge in [0.15, 0.2) is 5.13 Å². The number of hydrogen-bond acceptors (Lipinski definition) is 11. The van der Waals surface area contributed by atoms with Crippen LogP contribution in [0.15, 0.2) is 35.7 Å². The molecule has 1 aromatic carbocycles. The van der Waals surface area contributed by atoms with Gasteiger partial charge in [0.05, 0.1) is 24.3 Å². The summed E-state index contributed by atoms with van der Waals surface area (Å²) in [6.07, 6.45) is -13.0. The molecular formula is C37H57N7O9S2. The van der Waals surface area contributed by atoms with Crippen LogP contribution in [-0.2, 0) is 42.2 Å². The van der Waals surface area contributed by atoms with Gasteiger partial charge in [-0.1, -0.05) is 76.2 Å². The zero-order valence-electron chi connectivity index (χ0n) is 36.9. The summed E-state index contributed by atoms with van der Waals surface area (Å²) in [5.41, 5.74) is 6.67. The Labute approximate surface area is 335 Å². The highest BCUT2D eigenvalue weighted by Gasteiger charge is 2.37. The predicted octanol–water partition coefficient (Wildman–Crippen LogP) is 1.43. The summed E-state index contributed by atoms with van der Waals surface area (Å²) in [7, 11) is -4.43. The number of amides is 3. The number of rotatable bonds is 20. The molecule has 2 fully saturated rings. The van der Waals surface area contributed by atoms with Crippen LogP contribution in [0, 0.1) is 11.8 Å². The molecular weight excluding hydrogens is 751 g/mol. The number of nitrogens with one attached hydrogen (secondary N) is 3. The van der Waals surface area contributed by atoms with Crippen LogP contribution in [0.3, 0.4) is 0 Å². The highest BCUT2D eigenvalue weighted by atomic mass is 32.2. The van der Waals surface area contributed by atoms with Crippen LogP contribution < -0.4 is 21.1 Å². The Morgan fingerprint density at radius 1 is 0.982 bits per heavy atom. The fourth-order valence-electron chi connectivity index (χ4n) is 6.25. The van der Waals surface area contributed by atoms with Crippen molar-refractivity contribution in [3.05, 3.63) is 47.0 Å². The fourth-order valence-corrected chi connectivity index (χ4v) is 8.17. The molecule has 3 amide bonds. The zero-order chi connectivity index (χ0) is 45.4. The van der Waals surface area contributed by atoms with Gasteiger partial charge in [-0.2, -0.15) is 17.4 Å². The standard InChI is InChI=1S/C37H57N7O9S2/c1-24(2)19-31(45)34(49)28(20-25-9-5-3-6-10-25)40-35(50)29(22-27-23-54-37(38)39-27)41-36(51)30(21-26-11-7-4-8-12-26)42-55(52,53)44-17-15-43(16-18-44)32(46)13-14-33(47)48/h4,7-8,11-12,23-25,28-31,34,42,45,49H,3,5-6,9-10,13-22H2,1-2H3,(H2,38,39)(H,40,50)(H,41,51)(H,47,48)/t28-,29-,30-,31-,34+/m0/s1/i3T,5T,6T,9T,10T,25T/t3?,5?,6?,9?,10?,25?,28-,29-,30-,31-,34+. The van der Waals surface area contributed by atoms with E-state index in [1.807, 2.05) is 0 Å². The number of piperazine rings is 1. The highest BCUT2D eigenvalue weighted by molar-refractivity contribution is 7.87. The molecule has 1 saturated heterocycles. The van der Waals surface area contributed by atoms with Crippen molar-refractivity contribution in [3.63, 3.8) is 0 Å². The number of nitrogens with two attached hydrogens (primary N) is 1. The lowest BCUT2D eigenvalue weighted by Gasteiger charge is -2.35. The minimum atomic E-state index is -4.43. The summed E-state index contributed by atoms with van der Waals surface area (Å²) in [6.45, 7) is 3.19. The molecule has 0 bridgehead atoms. The highest BCUT2D eigenvalue weighted by Crippen LogP contribution is 2.29. The van der Waals surface area contributed by atoms with Crippen LogP contribution in [-0.4, -0.2) is 118 Å². The Morgan fingerprint density at radius 2 is 1.64 bits per heavy atom. The number of aliphatic carboxylic acids is 1. The molecule has 2 aliphatic rings. The van der Waals surface area contributed by atoms with E-state index in [2.05, 4.69) is 20.3 Å². The molecule has 1 saturated carbocycles. The van der Waals surface area contributed by atoms with Crippen molar-refractivity contribution in [1.82, 2.24) is 29.5 Å². The quantitative estimate of drug-likeness (QED) is 0.101. The first kappa shape index (κ1) is 35.7. The van der Waals surface area contributed by atoms with Crippen LogP contribution in [0.5, 0.6) is 0 Å². The molecule has 8 N–H and O–H groups in total. The summed E-state index contributed by atoms with van der Waals surface area (Å²) in [5, 5.41) is 38.3. The van der Waals surface area contributed by atoms with Gasteiger partial charge in [0.1, 0.15) is 18.2 Å². The molecule has 1 aliphatic carbocycles. The van der Waals surface area contributed by atoms with Gasteiger partial charge in [0.25, 0.3) is 10.2 Å². The Balaban J connectivity index is 1.63. The van der Waals surface area contributed by atoms with Crippen LogP contribution in [0.1, 0.15) is 91.0 Å². The number of aliphatic hydroxyl groups excluding tert-OH is 2. The van der Waals surface area contributed by atoms with Gasteiger partial charge >= 0.3 is 5.97 Å². The maximum absolute atomic E-state index is 14.4. The lowest BCUT2D eigenvalue weighted by atomic mass is 9.82. The van der Waals surface area contributed by atoms with Crippen molar-refractivity contribution in [1.29, 1.82) is 0 Å². The van der Waals surface area contributed by atoms with Crippen molar-refractivity contribution in [2.45, 2.75) is 115 Å². The molecule has 55 heavy (non-hydrogen) atoms. The number of nitrogens with zero attached hydrogens (tertiary/aromatic N) is 3. The van der Waals surface area contributed by atoms with E-state index in [9.17, 15) is 39.2 Å². The molecule has 1 aliphatic heterocycles. The van der Waals surface area contributed by atoms with Gasteiger partial charge in [-0.25, -0.2) is 4.98 Å². The molecule has 16 nitrogen and oxygen atoms in total. The molecule has 4 rings (SSSR count). The zero-order valence-corrected chi connectivity index (χ0v) is 32.5. The van der Waals surface area contributed by atoms with Crippen molar-refractivity contribution >= 4 is 50.4 Å². The van der Waals surface area contributed by atoms with E-state index in [1.54, 1.807) is 44.2 Å². The topological polar surface area (TPSA) is 245 Å². The summed E-state index contributed by atoms with van der Waals surface area (Å²) < 4.78 is 82.5. The second-order valence-electron chi connectivity index (χ2n) is 14.0. The summed E-state index contributed by atoms with van der Waals surface area (Å²) in [5.74, 6) is -5.91. The molecule has 1 aromatic heterocycles. The van der Waals surface area contributed by atoms with E-state index >= 15 is 0 Å². The molecule has 2 heterocycles. The first-order valence-corrected chi connectivity index (χ1v) is 20.4. The number of carboxylic acid groups (broad SMARTS) is 1. The van der Waals surface area contributed by atoms with Crippen LogP contribution in [0.25, 0.3) is 0 Å². The number of carbonyl (C=O) groups excluding carboxylic acids is 3. The maximum atomic E-state index is 14.4. The van der Waals surface area contributed by atoms with Crippen molar-refractivity contribution in [2.24, 2.45) is 11.8 Å². The third-order valence-electron chi connectivity index (χ3n) is 9.14. The Bertz CT molecular complexity index is 1900. The third-order valence-corrected chi connectivity index (χ3v) is 11.5. The second-order valence-corrected chi connectivity index (χ2v) is 16.6. The summed E-state index contributed by atoms with van der Waals surface area (Å²) >= 11 is 1.05. The van der Waals surface area contributed by atoms with Crippen molar-refractivity contribution < 1.29 is 51.1 Å². The Morgan fingerprint density at radius 3 is 2.24 bits per heavy atom. The normalized spacial score (nSPS) is 29.2. The number of carboxylic acids is 1. The lowest BCUT2D eigenvalue weighted by Crippen LogP contribution is -2.60. The number of thiazole rings is 1. The van der Waals surface area contributed by atoms with Gasteiger partial charge in [-0.05, 0) is 36.6 Å². The SMILES string of the molecule is [3H]C1C([3H])C([3H])C([3H])(C[C@H](NC(=O)[C@H](Cc2csc(N)n2)NC(=O)[C@H](Cc2ccccc2)NS(=O)(=O)N2CCN(C(=O)CCC(=O)O)CC2)[C@@H](O)[C@@H](O)CC(C)C)C([3H])C1[3H]. The monoisotopic (exact) mass is 819 g/mol. The minimum absolute atomic E-state index is 0.0249. The van der Waals surface area contributed by atoms with E-state index in [-0.39, 0.29) is 75.0 Å². The number of benzene rings is 1. The molecule has 9 atom stereocenters. The van der Waals surface area contributed by atoms with Crippen LogP contribution in [0.2, 0.25) is 0 Å². The molecule has 2 aromatic rings. The second kappa shape index (κ2) is 21.0. The van der Waals surface area contributed by atoms with E-state index in [4.69, 9.17) is 17.7 Å². The first-order valence-electron chi connectivity index (χ1n) is 21.5. The largest absolute Gasteiger partial charge is 0.481 e. The average Bonchev–Trinajstić information content (AvgIpc) is 3.63. The van der Waals surface area contributed by atoms with Crippen molar-refractivity contribution in [2.75, 3.05) is 31.9 Å². The van der Waals surface area contributed by atoms with Gasteiger partial charge < -0.3 is 36.6 Å². The molecule has 4 unspecified atom stereocenters. The predicted molar refractivity (Wildman–Crippen MR) is 208 cm³/mol. The van der Waals surface area contributed by atoms with Gasteiger partial charge in [0.2, 0.25) is 17.7 Å². The van der Waals surface area contributed by atoms with Gasteiger partial charge in [-0.3, -0.25) is 19.2 Å². The maximum Gasteiger partial charge on any atom is 0.303 e. The first-order chi connectivity index (χ1) is 28.5. The Hall–Kier alpha value is -3.68. The number of aliphatic hydroxyl groups is 2. The van der Waals surface area contributed by atoms with Crippen LogP contribution in [0.4, 0.5) is 5.13 Å². The van der Waals surface area contributed by atoms with E-state index in [0.29, 0.717) is 5.56 Å².